The van der Waals surface area contributed by atoms with Crippen molar-refractivity contribution in [1.82, 2.24) is 14.7 Å². The molecule has 2 aromatic carbocycles. The molecule has 3 aromatic rings. The molecule has 0 radical (unpaired) electrons. The molecular weight excluding hydrogens is 359 g/mol. The number of ether oxygens (including phenoxy) is 1. The highest BCUT2D eigenvalue weighted by Gasteiger charge is 2.29. The lowest BCUT2D eigenvalue weighted by Crippen LogP contribution is -2.43. The van der Waals surface area contributed by atoms with Gasteiger partial charge in [-0.1, -0.05) is 18.2 Å². The van der Waals surface area contributed by atoms with Crippen molar-refractivity contribution < 1.29 is 13.9 Å². The highest BCUT2D eigenvalue weighted by atomic mass is 19.1. The summed E-state index contributed by atoms with van der Waals surface area (Å²) >= 11 is 0. The van der Waals surface area contributed by atoms with Crippen molar-refractivity contribution in [3.63, 3.8) is 0 Å². The Labute approximate surface area is 162 Å². The standard InChI is InChI=1S/C21H21FN4O2/c22-17-7-5-16(6-8-17)20(25-11-13-28-14-12-25)21(27)24-18-3-1-4-19(15-18)26-10-2-9-23-26/h1-10,15,20H,11-14H2,(H,24,27). The summed E-state index contributed by atoms with van der Waals surface area (Å²) in [5.74, 6) is -0.483. The van der Waals surface area contributed by atoms with Gasteiger partial charge in [-0.15, -0.1) is 0 Å². The minimum Gasteiger partial charge on any atom is -0.379 e. The lowest BCUT2D eigenvalue weighted by Gasteiger charge is -2.33. The van der Waals surface area contributed by atoms with Gasteiger partial charge in [0, 0.05) is 31.2 Å². The van der Waals surface area contributed by atoms with Gasteiger partial charge in [0.1, 0.15) is 11.9 Å². The zero-order chi connectivity index (χ0) is 19.3. The molecule has 1 unspecified atom stereocenters. The molecule has 1 amide bonds. The first-order chi connectivity index (χ1) is 13.7. The quantitative estimate of drug-likeness (QED) is 0.739. The summed E-state index contributed by atoms with van der Waals surface area (Å²) in [5.41, 5.74) is 2.29. The molecule has 28 heavy (non-hydrogen) atoms. The maximum absolute atomic E-state index is 13.4. The second-order valence-electron chi connectivity index (χ2n) is 6.59. The minimum absolute atomic E-state index is 0.161. The van der Waals surface area contributed by atoms with Gasteiger partial charge in [0.15, 0.2) is 0 Å². The number of carbonyl (C=O) groups is 1. The Kier molecular flexibility index (Phi) is 5.45. The van der Waals surface area contributed by atoms with Gasteiger partial charge in [-0.2, -0.15) is 5.10 Å². The zero-order valence-corrected chi connectivity index (χ0v) is 15.3. The second-order valence-corrected chi connectivity index (χ2v) is 6.59. The van der Waals surface area contributed by atoms with E-state index in [4.69, 9.17) is 4.74 Å². The van der Waals surface area contributed by atoms with E-state index in [0.717, 1.165) is 11.3 Å². The number of nitrogens with zero attached hydrogens (tertiary/aromatic N) is 3. The third-order valence-corrected chi connectivity index (χ3v) is 4.73. The van der Waals surface area contributed by atoms with Crippen molar-refractivity contribution in [3.8, 4) is 5.69 Å². The minimum atomic E-state index is -0.516. The van der Waals surface area contributed by atoms with Gasteiger partial charge in [0.05, 0.1) is 18.9 Å². The van der Waals surface area contributed by atoms with Gasteiger partial charge in [-0.05, 0) is 42.0 Å². The van der Waals surface area contributed by atoms with E-state index in [1.807, 2.05) is 36.5 Å². The topological polar surface area (TPSA) is 59.4 Å². The molecule has 6 nitrogen and oxygen atoms in total. The number of hydrogen-bond donors (Lipinski definition) is 1. The number of halogens is 1. The Balaban J connectivity index is 1.58. The highest BCUT2D eigenvalue weighted by molar-refractivity contribution is 5.95. The number of benzene rings is 2. The highest BCUT2D eigenvalue weighted by Crippen LogP contribution is 2.25. The van der Waals surface area contributed by atoms with Crippen LogP contribution < -0.4 is 5.32 Å². The van der Waals surface area contributed by atoms with Crippen molar-refractivity contribution in [3.05, 3.63) is 78.4 Å². The van der Waals surface area contributed by atoms with Crippen LogP contribution in [0.5, 0.6) is 0 Å². The number of amides is 1. The predicted molar refractivity (Wildman–Crippen MR) is 104 cm³/mol. The van der Waals surface area contributed by atoms with Crippen molar-refractivity contribution in [2.45, 2.75) is 6.04 Å². The van der Waals surface area contributed by atoms with Crippen LogP contribution in [-0.2, 0) is 9.53 Å². The van der Waals surface area contributed by atoms with Crippen LogP contribution >= 0.6 is 0 Å². The molecule has 1 aliphatic rings. The van der Waals surface area contributed by atoms with Gasteiger partial charge in [-0.3, -0.25) is 9.69 Å². The summed E-state index contributed by atoms with van der Waals surface area (Å²) in [5, 5.41) is 7.22. The van der Waals surface area contributed by atoms with Crippen LogP contribution in [-0.4, -0.2) is 46.9 Å². The van der Waals surface area contributed by atoms with Gasteiger partial charge < -0.3 is 10.1 Å². The van der Waals surface area contributed by atoms with Gasteiger partial charge >= 0.3 is 0 Å². The molecule has 1 fully saturated rings. The third-order valence-electron chi connectivity index (χ3n) is 4.73. The number of hydrogen-bond acceptors (Lipinski definition) is 4. The van der Waals surface area contributed by atoms with Crippen LogP contribution in [0.3, 0.4) is 0 Å². The Hall–Kier alpha value is -3.03. The molecular formula is C21H21FN4O2. The molecule has 2 heterocycles. The smallest absolute Gasteiger partial charge is 0.246 e. The van der Waals surface area contributed by atoms with Gasteiger partial charge in [-0.25, -0.2) is 9.07 Å². The van der Waals surface area contributed by atoms with Gasteiger partial charge in [0.2, 0.25) is 5.91 Å². The molecule has 144 valence electrons. The number of nitrogens with one attached hydrogen (secondary N) is 1. The third kappa shape index (κ3) is 4.11. The maximum Gasteiger partial charge on any atom is 0.246 e. The van der Waals surface area contributed by atoms with Crippen LogP contribution in [0.15, 0.2) is 67.0 Å². The Morgan fingerprint density at radius 2 is 1.89 bits per heavy atom. The molecule has 1 aliphatic heterocycles. The molecule has 0 spiro atoms. The molecule has 1 atom stereocenters. The molecule has 0 bridgehead atoms. The van der Waals surface area contributed by atoms with E-state index < -0.39 is 6.04 Å². The molecule has 1 N–H and O–H groups in total. The largest absolute Gasteiger partial charge is 0.379 e. The molecule has 4 rings (SSSR count). The Morgan fingerprint density at radius 1 is 1.11 bits per heavy atom. The molecule has 1 aromatic heterocycles. The lowest BCUT2D eigenvalue weighted by atomic mass is 10.0. The first-order valence-electron chi connectivity index (χ1n) is 9.19. The van der Waals surface area contributed by atoms with Crippen LogP contribution in [0.25, 0.3) is 5.69 Å². The fraction of sp³-hybridized carbons (Fsp3) is 0.238. The fourth-order valence-corrected chi connectivity index (χ4v) is 3.37. The Morgan fingerprint density at radius 3 is 2.61 bits per heavy atom. The summed E-state index contributed by atoms with van der Waals surface area (Å²) in [4.78, 5) is 15.2. The van der Waals surface area contributed by atoms with E-state index in [0.29, 0.717) is 32.0 Å². The summed E-state index contributed by atoms with van der Waals surface area (Å²) < 4.78 is 20.5. The zero-order valence-electron chi connectivity index (χ0n) is 15.3. The van der Waals surface area contributed by atoms with Crippen molar-refractivity contribution in [1.29, 1.82) is 0 Å². The van der Waals surface area contributed by atoms with Crippen LogP contribution in [0.4, 0.5) is 10.1 Å². The summed E-state index contributed by atoms with van der Waals surface area (Å²) in [6, 6.07) is 14.9. The number of morpholine rings is 1. The van der Waals surface area contributed by atoms with E-state index in [9.17, 15) is 9.18 Å². The van der Waals surface area contributed by atoms with E-state index in [2.05, 4.69) is 15.3 Å². The number of anilines is 1. The van der Waals surface area contributed by atoms with Crippen molar-refractivity contribution >= 4 is 11.6 Å². The van der Waals surface area contributed by atoms with Gasteiger partial charge in [0.25, 0.3) is 0 Å². The molecule has 0 aliphatic carbocycles. The van der Waals surface area contributed by atoms with E-state index in [1.54, 1.807) is 23.0 Å². The molecule has 0 saturated carbocycles. The number of aromatic nitrogens is 2. The SMILES string of the molecule is O=C(Nc1cccc(-n2cccn2)c1)C(c1ccc(F)cc1)N1CCOCC1. The average Bonchev–Trinajstić information content (AvgIpc) is 3.26. The summed E-state index contributed by atoms with van der Waals surface area (Å²) in [6.45, 7) is 2.42. The van der Waals surface area contributed by atoms with Crippen molar-refractivity contribution in [2.75, 3.05) is 31.6 Å². The summed E-state index contributed by atoms with van der Waals surface area (Å²) in [6.07, 6.45) is 3.55. The number of carbonyl (C=O) groups excluding carboxylic acids is 1. The Bertz CT molecular complexity index is 922. The van der Waals surface area contributed by atoms with E-state index in [1.165, 1.54) is 12.1 Å². The normalized spacial score (nSPS) is 15.9. The second kappa shape index (κ2) is 8.33. The molecule has 7 heteroatoms. The van der Waals surface area contributed by atoms with E-state index in [-0.39, 0.29) is 11.7 Å². The van der Waals surface area contributed by atoms with Crippen molar-refractivity contribution in [2.24, 2.45) is 0 Å². The van der Waals surface area contributed by atoms with Crippen LogP contribution in [0.2, 0.25) is 0 Å². The van der Waals surface area contributed by atoms with Crippen LogP contribution in [0, 0.1) is 5.82 Å². The van der Waals surface area contributed by atoms with Crippen LogP contribution in [0.1, 0.15) is 11.6 Å². The number of rotatable bonds is 5. The first kappa shape index (κ1) is 18.3. The lowest BCUT2D eigenvalue weighted by molar-refractivity contribution is -0.123. The van der Waals surface area contributed by atoms with E-state index >= 15 is 0 Å². The monoisotopic (exact) mass is 380 g/mol. The molecule has 1 saturated heterocycles. The first-order valence-corrected chi connectivity index (χ1v) is 9.19. The maximum atomic E-state index is 13.4. The average molecular weight is 380 g/mol. The summed E-state index contributed by atoms with van der Waals surface area (Å²) in [7, 11) is 0. The fourth-order valence-electron chi connectivity index (χ4n) is 3.37. The predicted octanol–water partition coefficient (Wildman–Crippen LogP) is 3.02.